The molecule has 0 spiro atoms. The van der Waals surface area contributed by atoms with Crippen LogP contribution in [0.3, 0.4) is 0 Å². The summed E-state index contributed by atoms with van der Waals surface area (Å²) in [6.07, 6.45) is 0. The maximum Gasteiger partial charge on any atom is 0.181 e. The molecule has 1 rings (SSSR count). The molecule has 1 heteroatoms. The molecule has 0 amide bonds. The van der Waals surface area contributed by atoms with Gasteiger partial charge in [-0.1, -0.05) is 13.8 Å². The summed E-state index contributed by atoms with van der Waals surface area (Å²) in [5, 5.41) is 0. The van der Waals surface area contributed by atoms with Crippen LogP contribution >= 0.6 is 0 Å². The molecule has 0 saturated carbocycles. The minimum Gasteiger partial charge on any atom is -0.202 e. The standard InChI is InChI=1S/C13H22N/c1-8(2)13-10(4)9(3)11(5)14(7)12(13)6/h8H,1-7H3/q+1. The molecule has 0 N–H and O–H groups in total. The van der Waals surface area contributed by atoms with Gasteiger partial charge in [-0.15, -0.1) is 0 Å². The molecule has 1 aromatic heterocycles. The van der Waals surface area contributed by atoms with Crippen molar-refractivity contribution in [1.82, 2.24) is 0 Å². The second kappa shape index (κ2) is 3.72. The predicted molar refractivity (Wildman–Crippen MR) is 60.7 cm³/mol. The second-order valence-corrected chi connectivity index (χ2v) is 4.55. The van der Waals surface area contributed by atoms with Crippen molar-refractivity contribution in [3.05, 3.63) is 28.1 Å². The monoisotopic (exact) mass is 192 g/mol. The normalized spacial score (nSPS) is 11.1. The lowest BCUT2D eigenvalue weighted by Gasteiger charge is -2.15. The summed E-state index contributed by atoms with van der Waals surface area (Å²) in [5.41, 5.74) is 7.19. The van der Waals surface area contributed by atoms with Gasteiger partial charge in [-0.25, -0.2) is 4.57 Å². The summed E-state index contributed by atoms with van der Waals surface area (Å²) in [5.74, 6) is 0.612. The topological polar surface area (TPSA) is 3.88 Å². The molecule has 1 nitrogen and oxygen atoms in total. The van der Waals surface area contributed by atoms with E-state index >= 15 is 0 Å². The van der Waals surface area contributed by atoms with Gasteiger partial charge in [-0.05, 0) is 25.3 Å². The zero-order valence-corrected chi connectivity index (χ0v) is 10.5. The van der Waals surface area contributed by atoms with Crippen molar-refractivity contribution in [1.29, 1.82) is 0 Å². The van der Waals surface area contributed by atoms with Crippen LogP contribution in [0.15, 0.2) is 0 Å². The molecule has 0 aliphatic rings. The Bertz CT molecular complexity index is 333. The highest BCUT2D eigenvalue weighted by Crippen LogP contribution is 2.24. The molecule has 1 heterocycles. The van der Waals surface area contributed by atoms with Gasteiger partial charge in [0.05, 0.1) is 0 Å². The van der Waals surface area contributed by atoms with Crippen LogP contribution in [0.25, 0.3) is 0 Å². The molecule has 0 saturated heterocycles. The van der Waals surface area contributed by atoms with E-state index in [1.54, 1.807) is 0 Å². The third-order valence-electron chi connectivity index (χ3n) is 3.48. The lowest BCUT2D eigenvalue weighted by Crippen LogP contribution is -2.38. The van der Waals surface area contributed by atoms with Crippen LogP contribution in [0.5, 0.6) is 0 Å². The smallest absolute Gasteiger partial charge is 0.181 e. The van der Waals surface area contributed by atoms with Crippen LogP contribution < -0.4 is 4.57 Å². The number of rotatable bonds is 1. The third kappa shape index (κ3) is 1.56. The van der Waals surface area contributed by atoms with Crippen molar-refractivity contribution in [2.45, 2.75) is 47.5 Å². The number of pyridine rings is 1. The highest BCUT2D eigenvalue weighted by Gasteiger charge is 2.20. The van der Waals surface area contributed by atoms with E-state index in [0.717, 1.165) is 0 Å². The van der Waals surface area contributed by atoms with Gasteiger partial charge in [0.1, 0.15) is 7.05 Å². The molecule has 1 aromatic rings. The summed E-state index contributed by atoms with van der Waals surface area (Å²) in [4.78, 5) is 0. The molecule has 0 atom stereocenters. The van der Waals surface area contributed by atoms with Crippen LogP contribution in [0.2, 0.25) is 0 Å². The maximum atomic E-state index is 2.30. The summed E-state index contributed by atoms with van der Waals surface area (Å²) < 4.78 is 2.30. The molecular formula is C13H22N+. The van der Waals surface area contributed by atoms with E-state index in [9.17, 15) is 0 Å². The molecule has 0 fully saturated rings. The molecular weight excluding hydrogens is 170 g/mol. The summed E-state index contributed by atoms with van der Waals surface area (Å²) in [6, 6.07) is 0. The van der Waals surface area contributed by atoms with Crippen molar-refractivity contribution < 1.29 is 4.57 Å². The van der Waals surface area contributed by atoms with Gasteiger partial charge in [0.2, 0.25) is 0 Å². The highest BCUT2D eigenvalue weighted by atomic mass is 14.9. The Morgan fingerprint density at radius 1 is 0.857 bits per heavy atom. The summed E-state index contributed by atoms with van der Waals surface area (Å²) >= 11 is 0. The second-order valence-electron chi connectivity index (χ2n) is 4.55. The predicted octanol–water partition coefficient (Wildman–Crippen LogP) is 2.87. The van der Waals surface area contributed by atoms with Gasteiger partial charge in [0.25, 0.3) is 0 Å². The van der Waals surface area contributed by atoms with E-state index < -0.39 is 0 Å². The third-order valence-corrected chi connectivity index (χ3v) is 3.48. The average Bonchev–Trinajstić information content (AvgIpc) is 2.11. The van der Waals surface area contributed by atoms with Crippen molar-refractivity contribution in [3.63, 3.8) is 0 Å². The molecule has 0 unspecified atom stereocenters. The Morgan fingerprint density at radius 3 is 1.79 bits per heavy atom. The zero-order valence-electron chi connectivity index (χ0n) is 10.5. The van der Waals surface area contributed by atoms with E-state index in [4.69, 9.17) is 0 Å². The summed E-state index contributed by atoms with van der Waals surface area (Å²) in [7, 11) is 2.16. The quantitative estimate of drug-likeness (QED) is 0.602. The van der Waals surface area contributed by atoms with E-state index in [-0.39, 0.29) is 0 Å². The fourth-order valence-corrected chi connectivity index (χ4v) is 2.28. The zero-order chi connectivity index (χ0) is 11.0. The lowest BCUT2D eigenvalue weighted by atomic mass is 9.92. The molecule has 0 bridgehead atoms. The van der Waals surface area contributed by atoms with Crippen molar-refractivity contribution in [3.8, 4) is 0 Å². The Morgan fingerprint density at radius 2 is 1.36 bits per heavy atom. The van der Waals surface area contributed by atoms with E-state index in [1.165, 1.54) is 28.1 Å². The fraction of sp³-hybridized carbons (Fsp3) is 0.615. The summed E-state index contributed by atoms with van der Waals surface area (Å²) in [6.45, 7) is 13.4. The minimum absolute atomic E-state index is 0.612. The molecule has 0 radical (unpaired) electrons. The Balaban J connectivity index is 3.60. The van der Waals surface area contributed by atoms with E-state index in [0.29, 0.717) is 5.92 Å². The van der Waals surface area contributed by atoms with Gasteiger partial charge < -0.3 is 0 Å². The number of hydrogen-bond acceptors (Lipinski definition) is 0. The Kier molecular flexibility index (Phi) is 2.98. The molecule has 14 heavy (non-hydrogen) atoms. The van der Waals surface area contributed by atoms with Crippen molar-refractivity contribution in [2.75, 3.05) is 0 Å². The first-order valence-electron chi connectivity index (χ1n) is 5.34. The highest BCUT2D eigenvalue weighted by molar-refractivity contribution is 5.36. The van der Waals surface area contributed by atoms with Crippen molar-refractivity contribution >= 4 is 0 Å². The molecule has 78 valence electrons. The van der Waals surface area contributed by atoms with Crippen LogP contribution in [0.1, 0.15) is 47.8 Å². The largest absolute Gasteiger partial charge is 0.202 e. The van der Waals surface area contributed by atoms with Crippen molar-refractivity contribution in [2.24, 2.45) is 7.05 Å². The van der Waals surface area contributed by atoms with Crippen LogP contribution in [0.4, 0.5) is 0 Å². The van der Waals surface area contributed by atoms with Gasteiger partial charge in [0, 0.05) is 25.0 Å². The van der Waals surface area contributed by atoms with Crippen LogP contribution in [-0.4, -0.2) is 0 Å². The first-order valence-corrected chi connectivity index (χ1v) is 5.34. The first kappa shape index (κ1) is 11.2. The molecule has 0 aromatic carbocycles. The fourth-order valence-electron chi connectivity index (χ4n) is 2.28. The average molecular weight is 192 g/mol. The van der Waals surface area contributed by atoms with Gasteiger partial charge >= 0.3 is 0 Å². The SMILES string of the molecule is Cc1c(C)c(C)[n+](C)c(C)c1C(C)C. The van der Waals surface area contributed by atoms with E-state index in [2.05, 4.69) is 53.2 Å². The number of aromatic nitrogens is 1. The van der Waals surface area contributed by atoms with Gasteiger partial charge in [0.15, 0.2) is 11.4 Å². The maximum absolute atomic E-state index is 2.30. The first-order chi connectivity index (χ1) is 6.37. The minimum atomic E-state index is 0.612. The number of hydrogen-bond donors (Lipinski definition) is 0. The Hall–Kier alpha value is -0.850. The van der Waals surface area contributed by atoms with Crippen LogP contribution in [-0.2, 0) is 7.05 Å². The number of nitrogens with zero attached hydrogens (tertiary/aromatic N) is 1. The van der Waals surface area contributed by atoms with Crippen LogP contribution in [0, 0.1) is 27.7 Å². The molecule has 0 aliphatic carbocycles. The molecule has 0 aliphatic heterocycles. The Labute approximate surface area is 87.8 Å². The lowest BCUT2D eigenvalue weighted by molar-refractivity contribution is -0.684. The van der Waals surface area contributed by atoms with Gasteiger partial charge in [-0.2, -0.15) is 0 Å². The van der Waals surface area contributed by atoms with Gasteiger partial charge in [-0.3, -0.25) is 0 Å². The van der Waals surface area contributed by atoms with E-state index in [1.807, 2.05) is 0 Å².